The molecule has 4 aromatic rings. The molecule has 1 atom stereocenters. The summed E-state index contributed by atoms with van der Waals surface area (Å²) in [6, 6.07) is 14.9. The van der Waals surface area contributed by atoms with Crippen LogP contribution in [-0.2, 0) is 24.8 Å². The van der Waals surface area contributed by atoms with E-state index in [2.05, 4.69) is 10.6 Å². The van der Waals surface area contributed by atoms with Crippen LogP contribution < -0.4 is 15.5 Å². The van der Waals surface area contributed by atoms with Crippen molar-refractivity contribution in [1.82, 2.24) is 14.9 Å². The Bertz CT molecular complexity index is 1730. The van der Waals surface area contributed by atoms with Crippen molar-refractivity contribution in [2.24, 2.45) is 12.5 Å². The second-order valence-corrected chi connectivity index (χ2v) is 12.8. The lowest BCUT2D eigenvalue weighted by Crippen LogP contribution is -2.29. The molecule has 1 saturated carbocycles. The number of alkyl halides is 1. The van der Waals surface area contributed by atoms with Crippen LogP contribution in [-0.4, -0.2) is 40.6 Å². The average molecular weight is 623 g/mol. The monoisotopic (exact) mass is 621 g/mol. The highest BCUT2D eigenvalue weighted by molar-refractivity contribution is 6.36. The molecule has 2 fully saturated rings. The lowest BCUT2D eigenvalue weighted by atomic mass is 10.1. The lowest BCUT2D eigenvalue weighted by Gasteiger charge is -2.21. The number of nitrogens with zero attached hydrogens (tertiary/aromatic N) is 3. The number of carbonyl (C=O) groups is 2. The number of nitrogens with one attached hydrogen (secondary N) is 2. The van der Waals surface area contributed by atoms with Crippen molar-refractivity contribution in [2.45, 2.75) is 52.2 Å². The van der Waals surface area contributed by atoms with Crippen LogP contribution in [0.5, 0.6) is 0 Å². The highest BCUT2D eigenvalue weighted by Crippen LogP contribution is 2.45. The molecule has 1 aliphatic carbocycles. The second kappa shape index (κ2) is 11.5. The van der Waals surface area contributed by atoms with E-state index in [-0.39, 0.29) is 23.8 Å². The average Bonchev–Trinajstić information content (AvgIpc) is 3.47. The molecular formula is C33H34Cl2FN5O2. The number of aromatic nitrogens is 2. The van der Waals surface area contributed by atoms with Crippen molar-refractivity contribution >= 4 is 57.4 Å². The highest BCUT2D eigenvalue weighted by atomic mass is 35.5. The molecule has 2 amide bonds. The van der Waals surface area contributed by atoms with Crippen molar-refractivity contribution in [3.8, 4) is 0 Å². The summed E-state index contributed by atoms with van der Waals surface area (Å²) in [6.45, 7) is 5.02. The zero-order chi connectivity index (χ0) is 30.5. The van der Waals surface area contributed by atoms with Crippen LogP contribution in [0.4, 0.5) is 15.8 Å². The molecule has 1 saturated heterocycles. The Morgan fingerprint density at radius 3 is 2.53 bits per heavy atom. The third-order valence-corrected chi connectivity index (χ3v) is 9.53. The number of benzene rings is 3. The van der Waals surface area contributed by atoms with E-state index in [1.165, 1.54) is 0 Å². The normalized spacial score (nSPS) is 17.3. The largest absolute Gasteiger partial charge is 0.368 e. The fraction of sp³-hybridized carbons (Fsp3) is 0.364. The zero-order valence-electron chi connectivity index (χ0n) is 24.4. The number of carbonyl (C=O) groups excluding carboxylic acids is 2. The molecule has 7 nitrogen and oxygen atoms in total. The Labute approximate surface area is 260 Å². The van der Waals surface area contributed by atoms with Gasteiger partial charge in [-0.15, -0.1) is 0 Å². The molecule has 0 radical (unpaired) electrons. The number of hydrogen-bond donors (Lipinski definition) is 2. The van der Waals surface area contributed by atoms with Gasteiger partial charge in [-0.05, 0) is 67.6 Å². The summed E-state index contributed by atoms with van der Waals surface area (Å²) >= 11 is 13.5. The summed E-state index contributed by atoms with van der Waals surface area (Å²) in [4.78, 5) is 32.8. The van der Waals surface area contributed by atoms with Crippen LogP contribution in [0.25, 0.3) is 11.0 Å². The van der Waals surface area contributed by atoms with Gasteiger partial charge in [0.15, 0.2) is 0 Å². The highest BCUT2D eigenvalue weighted by Gasteiger charge is 2.44. The summed E-state index contributed by atoms with van der Waals surface area (Å²) < 4.78 is 16.2. The van der Waals surface area contributed by atoms with Gasteiger partial charge in [0.2, 0.25) is 5.91 Å². The van der Waals surface area contributed by atoms with E-state index in [9.17, 15) is 14.0 Å². The van der Waals surface area contributed by atoms with Crippen LogP contribution in [0.15, 0.2) is 48.5 Å². The number of halogens is 3. The van der Waals surface area contributed by atoms with Crippen molar-refractivity contribution in [3.05, 3.63) is 86.7 Å². The molecule has 43 heavy (non-hydrogen) atoms. The first kappa shape index (κ1) is 29.5. The molecule has 2 N–H and O–H groups in total. The van der Waals surface area contributed by atoms with E-state index < -0.39 is 6.17 Å². The molecule has 10 heteroatoms. The molecule has 224 valence electrons. The molecule has 6 rings (SSSR count). The van der Waals surface area contributed by atoms with Crippen molar-refractivity contribution in [3.63, 3.8) is 0 Å². The second-order valence-electron chi connectivity index (χ2n) is 12.0. The summed E-state index contributed by atoms with van der Waals surface area (Å²) in [6.07, 6.45) is 1.61. The van der Waals surface area contributed by atoms with Gasteiger partial charge in [-0.3, -0.25) is 9.59 Å². The predicted molar refractivity (Wildman–Crippen MR) is 170 cm³/mol. The van der Waals surface area contributed by atoms with Gasteiger partial charge in [0.1, 0.15) is 12.0 Å². The Morgan fingerprint density at radius 2 is 1.86 bits per heavy atom. The maximum absolute atomic E-state index is 14.3. The molecule has 0 spiro atoms. The van der Waals surface area contributed by atoms with Gasteiger partial charge in [-0.1, -0.05) is 53.9 Å². The third kappa shape index (κ3) is 5.95. The first-order chi connectivity index (χ1) is 20.5. The molecule has 2 aliphatic rings. The van der Waals surface area contributed by atoms with Crippen LogP contribution in [0.1, 0.15) is 59.1 Å². The molecular weight excluding hydrogens is 588 g/mol. The summed E-state index contributed by atoms with van der Waals surface area (Å²) in [5.74, 6) is 0.457. The van der Waals surface area contributed by atoms with Crippen molar-refractivity contribution in [2.75, 3.05) is 23.3 Å². The quantitative estimate of drug-likeness (QED) is 0.222. The molecule has 2 heterocycles. The number of amides is 2. The molecule has 3 aromatic carbocycles. The lowest BCUT2D eigenvalue weighted by molar-refractivity contribution is -0.125. The fourth-order valence-electron chi connectivity index (χ4n) is 5.56. The Morgan fingerprint density at radius 1 is 1.12 bits per heavy atom. The van der Waals surface area contributed by atoms with Gasteiger partial charge in [0, 0.05) is 49.2 Å². The predicted octanol–water partition coefficient (Wildman–Crippen LogP) is 7.00. The van der Waals surface area contributed by atoms with E-state index in [1.807, 2.05) is 66.8 Å². The van der Waals surface area contributed by atoms with E-state index >= 15 is 0 Å². The van der Waals surface area contributed by atoms with E-state index in [1.54, 1.807) is 12.1 Å². The van der Waals surface area contributed by atoms with Crippen molar-refractivity contribution in [1.29, 1.82) is 0 Å². The minimum Gasteiger partial charge on any atom is -0.368 e. The smallest absolute Gasteiger partial charge is 0.257 e. The van der Waals surface area contributed by atoms with Gasteiger partial charge >= 0.3 is 0 Å². The maximum Gasteiger partial charge on any atom is 0.257 e. The van der Waals surface area contributed by atoms with Gasteiger partial charge in [-0.25, -0.2) is 9.37 Å². The minimum atomic E-state index is -0.945. The summed E-state index contributed by atoms with van der Waals surface area (Å²) in [7, 11) is 1.91. The number of imidazole rings is 1. The Hall–Kier alpha value is -3.62. The maximum atomic E-state index is 14.3. The first-order valence-electron chi connectivity index (χ1n) is 14.5. The minimum absolute atomic E-state index is 0.0329. The van der Waals surface area contributed by atoms with Gasteiger partial charge in [-0.2, -0.15) is 0 Å². The van der Waals surface area contributed by atoms with Crippen LogP contribution in [0.2, 0.25) is 10.0 Å². The molecule has 1 aliphatic heterocycles. The first-order valence-corrected chi connectivity index (χ1v) is 15.3. The SMILES string of the molecule is Cc1ccc(NC(=O)c2cc3nc(Cc4c(Cl)ccc(CNC(=O)C5(C)CC5)c4Cl)n(C)c3cc2N2CC[C@@H](F)C2)cc1. The number of fused-ring (bicyclic) bond motifs is 1. The standard InChI is InChI=1S/C33H34Cl2FN5O2/c1-19-4-7-22(8-5-19)38-31(42)24-14-26-28(16-27(24)41-13-10-21(36)18-41)40(3)29(39-26)15-23-25(34)9-6-20(30(23)35)17-37-32(43)33(2)11-12-33/h4-9,14,16,21H,10-13,15,17-18H2,1-3H3,(H,37,43)(H,38,42)/t21-/m1/s1. The Kier molecular flexibility index (Phi) is 7.86. The molecule has 1 aromatic heterocycles. The van der Waals surface area contributed by atoms with Gasteiger partial charge in [0.05, 0.1) is 27.3 Å². The number of anilines is 2. The van der Waals surface area contributed by atoms with Crippen LogP contribution >= 0.6 is 23.2 Å². The van der Waals surface area contributed by atoms with E-state index in [4.69, 9.17) is 28.2 Å². The Balaban J connectivity index is 1.32. The van der Waals surface area contributed by atoms with Crippen molar-refractivity contribution < 1.29 is 14.0 Å². The number of aryl methyl sites for hydroxylation is 2. The summed E-state index contributed by atoms with van der Waals surface area (Å²) in [5.41, 5.74) is 5.55. The molecule has 0 bridgehead atoms. The van der Waals surface area contributed by atoms with E-state index in [0.717, 1.165) is 29.5 Å². The van der Waals surface area contributed by atoms with Gasteiger partial charge < -0.3 is 20.1 Å². The topological polar surface area (TPSA) is 79.3 Å². The van der Waals surface area contributed by atoms with Crippen LogP contribution in [0.3, 0.4) is 0 Å². The number of rotatable bonds is 8. The fourth-order valence-corrected chi connectivity index (χ4v) is 6.13. The van der Waals surface area contributed by atoms with E-state index in [0.29, 0.717) is 69.8 Å². The zero-order valence-corrected chi connectivity index (χ0v) is 25.9. The summed E-state index contributed by atoms with van der Waals surface area (Å²) in [5, 5.41) is 6.98. The third-order valence-electron chi connectivity index (χ3n) is 8.70. The van der Waals surface area contributed by atoms with Gasteiger partial charge in [0.25, 0.3) is 5.91 Å². The van der Waals surface area contributed by atoms with Crippen LogP contribution in [0, 0.1) is 12.3 Å². The molecule has 0 unspecified atom stereocenters. The number of hydrogen-bond acceptors (Lipinski definition) is 4.